The van der Waals surface area contributed by atoms with E-state index in [1.165, 1.54) is 28.7 Å². The number of thiophene rings is 1. The first-order chi connectivity index (χ1) is 9.22. The Kier molecular flexibility index (Phi) is 3.14. The molecule has 3 N–H and O–H groups in total. The topological polar surface area (TPSA) is 63.3 Å². The molecule has 0 saturated carbocycles. The molecular formula is C12H9FN4S2. The minimum atomic E-state index is -0.237. The number of hydrogen-bond donors (Lipinski definition) is 2. The molecule has 0 unspecified atom stereocenters. The van der Waals surface area contributed by atoms with Crippen LogP contribution in [0.4, 0.5) is 15.3 Å². The average Bonchev–Trinajstić information content (AvgIpc) is 2.98. The van der Waals surface area contributed by atoms with Crippen molar-refractivity contribution in [3.05, 3.63) is 40.3 Å². The Morgan fingerprint density at radius 2 is 2.26 bits per heavy atom. The van der Waals surface area contributed by atoms with Gasteiger partial charge in [0.2, 0.25) is 5.13 Å². The SMILES string of the molecule is Nc1csc(NN=Cc2cc(F)c3ccsc3c2)n1. The maximum Gasteiger partial charge on any atom is 0.205 e. The van der Waals surface area contributed by atoms with Crippen LogP contribution in [-0.4, -0.2) is 11.2 Å². The third-order valence-corrected chi connectivity index (χ3v) is 4.07. The Bertz CT molecular complexity index is 747. The van der Waals surface area contributed by atoms with E-state index in [-0.39, 0.29) is 5.82 Å². The quantitative estimate of drug-likeness (QED) is 0.573. The lowest BCUT2D eigenvalue weighted by Gasteiger charge is -1.97. The minimum Gasteiger partial charge on any atom is -0.383 e. The number of rotatable bonds is 3. The van der Waals surface area contributed by atoms with E-state index in [1.54, 1.807) is 17.7 Å². The molecule has 3 aromatic rings. The van der Waals surface area contributed by atoms with Crippen LogP contribution in [0.25, 0.3) is 10.1 Å². The highest BCUT2D eigenvalue weighted by Crippen LogP contribution is 2.24. The van der Waals surface area contributed by atoms with E-state index in [4.69, 9.17) is 5.73 Å². The van der Waals surface area contributed by atoms with Crippen LogP contribution in [0, 0.1) is 5.82 Å². The first-order valence-corrected chi connectivity index (χ1v) is 7.15. The predicted molar refractivity (Wildman–Crippen MR) is 79.5 cm³/mol. The van der Waals surface area contributed by atoms with Gasteiger partial charge >= 0.3 is 0 Å². The lowest BCUT2D eigenvalue weighted by Crippen LogP contribution is -1.91. The Balaban J connectivity index is 1.80. The second-order valence-electron chi connectivity index (χ2n) is 3.78. The molecule has 0 spiro atoms. The number of hydrazone groups is 1. The summed E-state index contributed by atoms with van der Waals surface area (Å²) < 4.78 is 14.6. The lowest BCUT2D eigenvalue weighted by molar-refractivity contribution is 0.640. The van der Waals surface area contributed by atoms with E-state index in [9.17, 15) is 4.39 Å². The van der Waals surface area contributed by atoms with Crippen molar-refractivity contribution in [2.75, 3.05) is 11.2 Å². The molecule has 0 aliphatic heterocycles. The van der Waals surface area contributed by atoms with Crippen molar-refractivity contribution in [2.24, 2.45) is 5.10 Å². The van der Waals surface area contributed by atoms with Gasteiger partial charge in [0.05, 0.1) is 6.21 Å². The van der Waals surface area contributed by atoms with Crippen LogP contribution in [0.5, 0.6) is 0 Å². The maximum absolute atomic E-state index is 13.7. The summed E-state index contributed by atoms with van der Waals surface area (Å²) in [6.45, 7) is 0. The van der Waals surface area contributed by atoms with E-state index in [0.717, 1.165) is 4.70 Å². The summed E-state index contributed by atoms with van der Waals surface area (Å²) in [6, 6.07) is 5.12. The Hall–Kier alpha value is -1.99. The summed E-state index contributed by atoms with van der Waals surface area (Å²) in [5.41, 5.74) is 8.94. The minimum absolute atomic E-state index is 0.237. The number of halogens is 1. The first-order valence-electron chi connectivity index (χ1n) is 5.39. The van der Waals surface area contributed by atoms with Gasteiger partial charge in [0.15, 0.2) is 0 Å². The number of fused-ring (bicyclic) bond motifs is 1. The van der Waals surface area contributed by atoms with Crippen molar-refractivity contribution in [2.45, 2.75) is 0 Å². The highest BCUT2D eigenvalue weighted by Gasteiger charge is 2.03. The molecule has 96 valence electrons. The smallest absolute Gasteiger partial charge is 0.205 e. The highest BCUT2D eigenvalue weighted by atomic mass is 32.1. The standard InChI is InChI=1S/C12H9FN4S2/c13-9-3-7(4-10-8(9)1-2-18-10)5-15-17-12-16-11(14)6-19-12/h1-6H,14H2,(H,16,17). The molecule has 0 fully saturated rings. The molecule has 0 bridgehead atoms. The fraction of sp³-hybridized carbons (Fsp3) is 0. The molecule has 0 aliphatic carbocycles. The average molecular weight is 292 g/mol. The van der Waals surface area contributed by atoms with E-state index in [2.05, 4.69) is 15.5 Å². The number of benzene rings is 1. The van der Waals surface area contributed by atoms with Gasteiger partial charge in [-0.25, -0.2) is 9.37 Å². The van der Waals surface area contributed by atoms with Crippen molar-refractivity contribution in [3.8, 4) is 0 Å². The molecule has 7 heteroatoms. The molecule has 4 nitrogen and oxygen atoms in total. The number of thiazole rings is 1. The van der Waals surface area contributed by atoms with Gasteiger partial charge in [0.1, 0.15) is 11.6 Å². The van der Waals surface area contributed by atoms with Crippen LogP contribution in [0.1, 0.15) is 5.56 Å². The molecular weight excluding hydrogens is 283 g/mol. The van der Waals surface area contributed by atoms with Crippen LogP contribution in [0.15, 0.2) is 34.1 Å². The zero-order valence-electron chi connectivity index (χ0n) is 9.63. The van der Waals surface area contributed by atoms with Crippen molar-refractivity contribution in [1.29, 1.82) is 0 Å². The number of nitrogens with zero attached hydrogens (tertiary/aromatic N) is 2. The molecule has 3 rings (SSSR count). The molecule has 0 atom stereocenters. The number of nitrogens with one attached hydrogen (secondary N) is 1. The van der Waals surface area contributed by atoms with Gasteiger partial charge in [-0.05, 0) is 29.1 Å². The van der Waals surface area contributed by atoms with Crippen molar-refractivity contribution >= 4 is 49.9 Å². The molecule has 19 heavy (non-hydrogen) atoms. The van der Waals surface area contributed by atoms with E-state index >= 15 is 0 Å². The first kappa shape index (κ1) is 12.1. The third kappa shape index (κ3) is 2.56. The molecule has 0 aliphatic rings. The normalized spacial score (nSPS) is 11.4. The Morgan fingerprint density at radius 3 is 3.05 bits per heavy atom. The zero-order valence-corrected chi connectivity index (χ0v) is 11.3. The van der Waals surface area contributed by atoms with Crippen LogP contribution in [-0.2, 0) is 0 Å². The summed E-state index contributed by atoms with van der Waals surface area (Å²) in [5.74, 6) is 0.215. The van der Waals surface area contributed by atoms with Crippen LogP contribution in [0.2, 0.25) is 0 Å². The second kappa shape index (κ2) is 4.94. The Labute approximate surface area is 116 Å². The predicted octanol–water partition coefficient (Wildman–Crippen LogP) is 3.53. The van der Waals surface area contributed by atoms with Gasteiger partial charge in [0.25, 0.3) is 0 Å². The van der Waals surface area contributed by atoms with E-state index in [0.29, 0.717) is 21.9 Å². The molecule has 0 saturated heterocycles. The summed E-state index contributed by atoms with van der Waals surface area (Å²) >= 11 is 2.86. The van der Waals surface area contributed by atoms with E-state index in [1.807, 2.05) is 11.4 Å². The van der Waals surface area contributed by atoms with Gasteiger partial charge in [0, 0.05) is 15.5 Å². The fourth-order valence-corrected chi connectivity index (χ4v) is 3.02. The summed E-state index contributed by atoms with van der Waals surface area (Å²) in [4.78, 5) is 4.00. The monoisotopic (exact) mass is 292 g/mol. The zero-order chi connectivity index (χ0) is 13.2. The molecule has 0 amide bonds. The molecule has 2 heterocycles. The maximum atomic E-state index is 13.7. The number of hydrogen-bond acceptors (Lipinski definition) is 6. The van der Waals surface area contributed by atoms with E-state index < -0.39 is 0 Å². The highest BCUT2D eigenvalue weighted by molar-refractivity contribution is 7.17. The summed E-state index contributed by atoms with van der Waals surface area (Å²) in [6.07, 6.45) is 1.56. The van der Waals surface area contributed by atoms with Crippen LogP contribution < -0.4 is 11.2 Å². The summed E-state index contributed by atoms with van der Waals surface area (Å²) in [5, 5.41) is 8.84. The van der Waals surface area contributed by atoms with Gasteiger partial charge < -0.3 is 5.73 Å². The van der Waals surface area contributed by atoms with Gasteiger partial charge in [-0.3, -0.25) is 5.43 Å². The number of nitrogens with two attached hydrogens (primary N) is 1. The van der Waals surface area contributed by atoms with Crippen LogP contribution in [0.3, 0.4) is 0 Å². The second-order valence-corrected chi connectivity index (χ2v) is 5.59. The van der Waals surface area contributed by atoms with Crippen molar-refractivity contribution in [1.82, 2.24) is 4.98 Å². The van der Waals surface area contributed by atoms with Gasteiger partial charge in [-0.1, -0.05) is 0 Å². The van der Waals surface area contributed by atoms with Gasteiger partial charge in [-0.15, -0.1) is 22.7 Å². The van der Waals surface area contributed by atoms with Gasteiger partial charge in [-0.2, -0.15) is 5.10 Å². The largest absolute Gasteiger partial charge is 0.383 e. The molecule has 1 aromatic carbocycles. The summed E-state index contributed by atoms with van der Waals surface area (Å²) in [7, 11) is 0. The molecule has 0 radical (unpaired) electrons. The molecule has 2 aromatic heterocycles. The number of anilines is 2. The van der Waals surface area contributed by atoms with Crippen molar-refractivity contribution in [3.63, 3.8) is 0 Å². The number of nitrogen functional groups attached to an aromatic ring is 1. The lowest BCUT2D eigenvalue weighted by atomic mass is 10.2. The number of aromatic nitrogens is 1. The fourth-order valence-electron chi connectivity index (χ4n) is 1.62. The van der Waals surface area contributed by atoms with Crippen LogP contribution >= 0.6 is 22.7 Å². The Morgan fingerprint density at radius 1 is 1.37 bits per heavy atom. The van der Waals surface area contributed by atoms with Crippen molar-refractivity contribution < 1.29 is 4.39 Å². The third-order valence-electron chi connectivity index (χ3n) is 2.44.